The summed E-state index contributed by atoms with van der Waals surface area (Å²) >= 11 is 0. The van der Waals surface area contributed by atoms with Gasteiger partial charge in [-0.1, -0.05) is 25.1 Å². The second-order valence-corrected chi connectivity index (χ2v) is 8.06. The van der Waals surface area contributed by atoms with Gasteiger partial charge in [0.05, 0.1) is 13.1 Å². The molecule has 1 unspecified atom stereocenters. The third-order valence-electron chi connectivity index (χ3n) is 5.98. The fraction of sp³-hybridized carbons (Fsp3) is 0.478. The Kier molecular flexibility index (Phi) is 9.24. The minimum Gasteiger partial charge on any atom is -0.444 e. The molecule has 2 N–H and O–H groups in total. The van der Waals surface area contributed by atoms with E-state index < -0.39 is 0 Å². The van der Waals surface area contributed by atoms with Crippen LogP contribution in [0.4, 0.5) is 0 Å². The van der Waals surface area contributed by atoms with E-state index in [1.807, 2.05) is 48.9 Å². The standard InChI is InChI=1S/C23H32N8O.HI/c1-4-31-12-8-11-20(31)14-25-23(26-15-21-29-28-17(2)30(21)3)24-13-19-16-32-22(27-19)18-9-6-5-7-10-18;/h5-7,9-10,16,20H,4,8,11-15H2,1-3H3,(H2,24,25,26);1H. The quantitative estimate of drug-likeness (QED) is 0.247. The van der Waals surface area contributed by atoms with Crippen LogP contribution in [0.5, 0.6) is 0 Å². The van der Waals surface area contributed by atoms with Crippen molar-refractivity contribution in [1.82, 2.24) is 35.3 Å². The van der Waals surface area contributed by atoms with E-state index in [0.29, 0.717) is 25.0 Å². The molecule has 1 fully saturated rings. The summed E-state index contributed by atoms with van der Waals surface area (Å²) in [5, 5.41) is 15.3. The van der Waals surface area contributed by atoms with Crippen molar-refractivity contribution >= 4 is 29.9 Å². The van der Waals surface area contributed by atoms with Gasteiger partial charge in [0.25, 0.3) is 0 Å². The molecular weight excluding hydrogens is 531 g/mol. The van der Waals surface area contributed by atoms with Gasteiger partial charge in [0.1, 0.15) is 17.8 Å². The van der Waals surface area contributed by atoms with E-state index in [1.54, 1.807) is 6.26 Å². The molecule has 1 saturated heterocycles. The van der Waals surface area contributed by atoms with Gasteiger partial charge in [-0.05, 0) is 45.0 Å². The van der Waals surface area contributed by atoms with Gasteiger partial charge in [-0.2, -0.15) is 0 Å². The summed E-state index contributed by atoms with van der Waals surface area (Å²) in [7, 11) is 1.97. The van der Waals surface area contributed by atoms with Crippen LogP contribution in [0.3, 0.4) is 0 Å². The first-order valence-electron chi connectivity index (χ1n) is 11.2. The first-order valence-corrected chi connectivity index (χ1v) is 11.2. The molecule has 0 aliphatic carbocycles. The summed E-state index contributed by atoms with van der Waals surface area (Å²) in [6, 6.07) is 10.4. The van der Waals surface area contributed by atoms with E-state index in [2.05, 4.69) is 37.6 Å². The Morgan fingerprint density at radius 1 is 1.21 bits per heavy atom. The van der Waals surface area contributed by atoms with Crippen molar-refractivity contribution in [2.75, 3.05) is 19.6 Å². The highest BCUT2D eigenvalue weighted by Gasteiger charge is 2.23. The van der Waals surface area contributed by atoms with E-state index in [9.17, 15) is 0 Å². The minimum absolute atomic E-state index is 0. The summed E-state index contributed by atoms with van der Waals surface area (Å²) in [6.45, 7) is 8.22. The number of hydrogen-bond acceptors (Lipinski definition) is 6. The number of oxazole rings is 1. The molecule has 1 aliphatic rings. The van der Waals surface area contributed by atoms with Gasteiger partial charge in [-0.25, -0.2) is 9.98 Å². The lowest BCUT2D eigenvalue weighted by atomic mass is 10.2. The molecule has 0 saturated carbocycles. The van der Waals surface area contributed by atoms with Crippen LogP contribution in [0.25, 0.3) is 11.5 Å². The van der Waals surface area contributed by atoms with Crippen molar-refractivity contribution in [1.29, 1.82) is 0 Å². The lowest BCUT2D eigenvalue weighted by molar-refractivity contribution is 0.267. The maximum Gasteiger partial charge on any atom is 0.226 e. The number of rotatable bonds is 8. The van der Waals surface area contributed by atoms with E-state index in [0.717, 1.165) is 42.0 Å². The number of benzene rings is 1. The zero-order valence-electron chi connectivity index (χ0n) is 19.5. The molecule has 1 atom stereocenters. The van der Waals surface area contributed by atoms with E-state index in [-0.39, 0.29) is 24.0 Å². The second-order valence-electron chi connectivity index (χ2n) is 8.06. The van der Waals surface area contributed by atoms with Gasteiger partial charge in [-0.3, -0.25) is 4.90 Å². The Balaban J connectivity index is 0.00000306. The molecule has 1 aliphatic heterocycles. The van der Waals surface area contributed by atoms with Crippen molar-refractivity contribution < 1.29 is 4.42 Å². The van der Waals surface area contributed by atoms with Crippen molar-refractivity contribution in [3.63, 3.8) is 0 Å². The zero-order valence-corrected chi connectivity index (χ0v) is 21.8. The van der Waals surface area contributed by atoms with Crippen molar-refractivity contribution in [2.24, 2.45) is 12.0 Å². The van der Waals surface area contributed by atoms with E-state index >= 15 is 0 Å². The van der Waals surface area contributed by atoms with Gasteiger partial charge in [-0.15, -0.1) is 34.2 Å². The Morgan fingerprint density at radius 2 is 2.03 bits per heavy atom. The highest BCUT2D eigenvalue weighted by atomic mass is 127. The average molecular weight is 564 g/mol. The number of aromatic nitrogens is 4. The van der Waals surface area contributed by atoms with Crippen molar-refractivity contribution in [3.05, 3.63) is 53.9 Å². The SMILES string of the molecule is CCN1CCCC1CNC(=NCc1coc(-c2ccccc2)n1)NCc1nnc(C)n1C.I. The predicted octanol–water partition coefficient (Wildman–Crippen LogP) is 3.12. The normalized spacial score (nSPS) is 16.6. The molecule has 0 radical (unpaired) electrons. The highest BCUT2D eigenvalue weighted by Crippen LogP contribution is 2.18. The maximum absolute atomic E-state index is 5.65. The molecule has 1 aromatic carbocycles. The molecule has 3 heterocycles. The molecule has 33 heavy (non-hydrogen) atoms. The Hall–Kier alpha value is -2.47. The number of guanidine groups is 1. The topological polar surface area (TPSA) is 96.4 Å². The number of likely N-dealkylation sites (tertiary alicyclic amines) is 1. The lowest BCUT2D eigenvalue weighted by Crippen LogP contribution is -2.44. The Morgan fingerprint density at radius 3 is 2.76 bits per heavy atom. The summed E-state index contributed by atoms with van der Waals surface area (Å²) in [4.78, 5) is 11.9. The summed E-state index contributed by atoms with van der Waals surface area (Å²) in [6.07, 6.45) is 4.13. The monoisotopic (exact) mass is 564 g/mol. The molecule has 3 aromatic rings. The van der Waals surface area contributed by atoms with Crippen LogP contribution in [0.2, 0.25) is 0 Å². The molecular formula is C23H33IN8O. The molecule has 9 nitrogen and oxygen atoms in total. The van der Waals surface area contributed by atoms with Gasteiger partial charge in [0.15, 0.2) is 11.8 Å². The van der Waals surface area contributed by atoms with Crippen LogP contribution < -0.4 is 10.6 Å². The highest BCUT2D eigenvalue weighted by molar-refractivity contribution is 14.0. The van der Waals surface area contributed by atoms with E-state index in [4.69, 9.17) is 9.41 Å². The number of nitrogens with zero attached hydrogens (tertiary/aromatic N) is 6. The van der Waals surface area contributed by atoms with Crippen LogP contribution in [-0.2, 0) is 20.1 Å². The smallest absolute Gasteiger partial charge is 0.226 e. The van der Waals surface area contributed by atoms with Crippen molar-refractivity contribution in [3.8, 4) is 11.5 Å². The molecule has 0 amide bonds. The fourth-order valence-electron chi connectivity index (χ4n) is 3.95. The van der Waals surface area contributed by atoms with Gasteiger partial charge < -0.3 is 19.6 Å². The molecule has 2 aromatic heterocycles. The van der Waals surface area contributed by atoms with Crippen LogP contribution in [0, 0.1) is 6.92 Å². The predicted molar refractivity (Wildman–Crippen MR) is 139 cm³/mol. The van der Waals surface area contributed by atoms with Crippen LogP contribution in [0.15, 0.2) is 46.0 Å². The number of likely N-dealkylation sites (N-methyl/N-ethyl adjacent to an activating group) is 1. The average Bonchev–Trinajstić information content (AvgIpc) is 3.55. The number of aryl methyl sites for hydroxylation is 1. The summed E-state index contributed by atoms with van der Waals surface area (Å²) in [5.41, 5.74) is 1.74. The zero-order chi connectivity index (χ0) is 22.3. The van der Waals surface area contributed by atoms with Crippen LogP contribution in [0.1, 0.15) is 37.1 Å². The third-order valence-corrected chi connectivity index (χ3v) is 5.98. The minimum atomic E-state index is 0. The second kappa shape index (κ2) is 12.1. The number of hydrogen-bond donors (Lipinski definition) is 2. The molecule has 4 rings (SSSR count). The number of halogens is 1. The first-order chi connectivity index (χ1) is 15.6. The summed E-state index contributed by atoms with van der Waals surface area (Å²) < 4.78 is 7.63. The lowest BCUT2D eigenvalue weighted by Gasteiger charge is -2.24. The third kappa shape index (κ3) is 6.53. The van der Waals surface area contributed by atoms with Crippen LogP contribution >= 0.6 is 24.0 Å². The molecule has 178 valence electrons. The molecule has 0 bridgehead atoms. The fourth-order valence-corrected chi connectivity index (χ4v) is 3.95. The Labute approximate surface area is 212 Å². The first kappa shape index (κ1) is 25.2. The van der Waals surface area contributed by atoms with Gasteiger partial charge >= 0.3 is 0 Å². The number of nitrogens with one attached hydrogen (secondary N) is 2. The molecule has 10 heteroatoms. The largest absolute Gasteiger partial charge is 0.444 e. The van der Waals surface area contributed by atoms with E-state index in [1.165, 1.54) is 19.4 Å². The van der Waals surface area contributed by atoms with Crippen LogP contribution in [-0.4, -0.2) is 56.3 Å². The Bertz CT molecular complexity index is 1030. The molecule has 0 spiro atoms. The maximum atomic E-state index is 5.65. The number of aliphatic imine (C=N–C) groups is 1. The van der Waals surface area contributed by atoms with Gasteiger partial charge in [0, 0.05) is 25.2 Å². The van der Waals surface area contributed by atoms with Gasteiger partial charge in [0.2, 0.25) is 5.89 Å². The van der Waals surface area contributed by atoms with Crippen molar-refractivity contribution in [2.45, 2.75) is 45.8 Å². The summed E-state index contributed by atoms with van der Waals surface area (Å²) in [5.74, 6) is 3.09.